The molecule has 0 saturated heterocycles. The Labute approximate surface area is 178 Å². The molecular formula is C24H31BrN2O. The van der Waals surface area contributed by atoms with Crippen LogP contribution in [0, 0.1) is 0 Å². The maximum Gasteiger partial charge on any atom is 0.190 e. The van der Waals surface area contributed by atoms with Gasteiger partial charge in [-0.15, -0.1) is 0 Å². The van der Waals surface area contributed by atoms with Crippen LogP contribution in [0.1, 0.15) is 52.4 Å². The summed E-state index contributed by atoms with van der Waals surface area (Å²) in [4.78, 5) is 12.7. The molecule has 0 radical (unpaired) electrons. The van der Waals surface area contributed by atoms with Gasteiger partial charge in [-0.2, -0.15) is 0 Å². The molecule has 0 bridgehead atoms. The Hall–Kier alpha value is -1.94. The Bertz CT molecular complexity index is 949. The number of hydrogen-bond acceptors (Lipinski definition) is 1. The third kappa shape index (κ3) is 5.32. The smallest absolute Gasteiger partial charge is 0.190 e. The molecule has 0 saturated carbocycles. The minimum Gasteiger partial charge on any atom is -1.00 e. The van der Waals surface area contributed by atoms with Gasteiger partial charge in [0, 0.05) is 30.5 Å². The van der Waals surface area contributed by atoms with Gasteiger partial charge in [-0.25, -0.2) is 4.57 Å². The lowest BCUT2D eigenvalue weighted by Gasteiger charge is -2.16. The van der Waals surface area contributed by atoms with Gasteiger partial charge in [0.2, 0.25) is 0 Å². The van der Waals surface area contributed by atoms with Crippen molar-refractivity contribution in [2.24, 2.45) is 0 Å². The fraction of sp³-hybridized carbons (Fsp3) is 0.417. The number of pyridine rings is 2. The minimum absolute atomic E-state index is 0. The number of unbranched alkanes of at least 4 members (excludes halogenated alkanes) is 4. The first-order valence-corrected chi connectivity index (χ1v) is 10.4. The maximum absolute atomic E-state index is 12.7. The van der Waals surface area contributed by atoms with E-state index in [-0.39, 0.29) is 22.4 Å². The van der Waals surface area contributed by atoms with Gasteiger partial charge in [0.05, 0.1) is 16.8 Å². The van der Waals surface area contributed by atoms with E-state index in [1.165, 1.54) is 32.1 Å². The quantitative estimate of drug-likeness (QED) is 0.368. The van der Waals surface area contributed by atoms with Crippen molar-refractivity contribution in [3.05, 3.63) is 65.1 Å². The van der Waals surface area contributed by atoms with Crippen molar-refractivity contribution in [3.8, 4) is 11.3 Å². The number of hydrogen-bond donors (Lipinski definition) is 0. The summed E-state index contributed by atoms with van der Waals surface area (Å²) < 4.78 is 4.58. The van der Waals surface area contributed by atoms with E-state index in [1.54, 1.807) is 0 Å². The van der Waals surface area contributed by atoms with Crippen LogP contribution in [0.5, 0.6) is 0 Å². The van der Waals surface area contributed by atoms with Crippen molar-refractivity contribution >= 4 is 10.9 Å². The van der Waals surface area contributed by atoms with Gasteiger partial charge >= 0.3 is 0 Å². The zero-order valence-electron chi connectivity index (χ0n) is 17.0. The first-order chi connectivity index (χ1) is 13.2. The highest BCUT2D eigenvalue weighted by Crippen LogP contribution is 2.22. The Morgan fingerprint density at radius 3 is 2.46 bits per heavy atom. The first kappa shape index (κ1) is 22.4. The Kier molecular flexibility index (Phi) is 8.91. The Balaban J connectivity index is 0.00000280. The zero-order chi connectivity index (χ0) is 19.1. The van der Waals surface area contributed by atoms with Crippen molar-refractivity contribution < 1.29 is 21.5 Å². The predicted octanol–water partition coefficient (Wildman–Crippen LogP) is 2.34. The van der Waals surface area contributed by atoms with Crippen LogP contribution in [0.2, 0.25) is 0 Å². The van der Waals surface area contributed by atoms with Crippen LogP contribution < -0.4 is 27.0 Å². The minimum atomic E-state index is 0. The fourth-order valence-corrected chi connectivity index (χ4v) is 3.68. The standard InChI is InChI=1S/C24H31N2O.BrH/c1-3-5-9-15-25-16-11-12-20(19-25)23-18-24(27)21-13-7-8-14-22(21)26(23)17-10-6-4-2;/h7-8,11-14,16,18-19H,3-6,9-10,15,17H2,1-2H3;1H/q+1;/p-1. The molecule has 2 heterocycles. The number of rotatable bonds is 9. The molecule has 0 aliphatic heterocycles. The first-order valence-electron chi connectivity index (χ1n) is 10.4. The molecule has 0 amide bonds. The van der Waals surface area contributed by atoms with Gasteiger partial charge in [0.25, 0.3) is 0 Å². The summed E-state index contributed by atoms with van der Waals surface area (Å²) in [5, 5.41) is 0.810. The molecule has 3 aromatic rings. The molecule has 28 heavy (non-hydrogen) atoms. The van der Waals surface area contributed by atoms with Gasteiger partial charge in [0.1, 0.15) is 6.54 Å². The second-order valence-electron chi connectivity index (χ2n) is 7.31. The summed E-state index contributed by atoms with van der Waals surface area (Å²) in [7, 11) is 0. The lowest BCUT2D eigenvalue weighted by molar-refractivity contribution is -0.696. The molecule has 150 valence electrons. The van der Waals surface area contributed by atoms with Crippen LogP contribution in [0.15, 0.2) is 59.7 Å². The van der Waals surface area contributed by atoms with Crippen molar-refractivity contribution in [2.45, 2.75) is 65.5 Å². The number of nitrogens with zero attached hydrogens (tertiary/aromatic N) is 2. The molecule has 0 aliphatic rings. The number of fused-ring (bicyclic) bond motifs is 1. The largest absolute Gasteiger partial charge is 1.00 e. The highest BCUT2D eigenvalue weighted by atomic mass is 79.9. The van der Waals surface area contributed by atoms with Crippen LogP contribution >= 0.6 is 0 Å². The van der Waals surface area contributed by atoms with E-state index in [4.69, 9.17) is 0 Å². The normalized spacial score (nSPS) is 10.8. The molecule has 0 N–H and O–H groups in total. The molecule has 0 spiro atoms. The van der Waals surface area contributed by atoms with Crippen LogP contribution in [0.3, 0.4) is 0 Å². The number of halogens is 1. The third-order valence-corrected chi connectivity index (χ3v) is 5.18. The molecule has 4 heteroatoms. The second kappa shape index (κ2) is 11.2. The SMILES string of the molecule is CCCCCn1c(-c2ccc[n+](CCCCC)c2)cc(=O)c2ccccc21.[Br-]. The lowest BCUT2D eigenvalue weighted by Crippen LogP contribution is -3.00. The van der Waals surface area contributed by atoms with Crippen LogP contribution in [0.4, 0.5) is 0 Å². The van der Waals surface area contributed by atoms with Gasteiger partial charge in [-0.3, -0.25) is 4.79 Å². The monoisotopic (exact) mass is 442 g/mol. The molecular weight excluding hydrogens is 412 g/mol. The van der Waals surface area contributed by atoms with Crippen molar-refractivity contribution in [3.63, 3.8) is 0 Å². The highest BCUT2D eigenvalue weighted by Gasteiger charge is 2.13. The zero-order valence-corrected chi connectivity index (χ0v) is 18.6. The second-order valence-corrected chi connectivity index (χ2v) is 7.31. The van der Waals surface area contributed by atoms with E-state index in [0.717, 1.165) is 41.7 Å². The van der Waals surface area contributed by atoms with Crippen molar-refractivity contribution in [1.29, 1.82) is 0 Å². The summed E-state index contributed by atoms with van der Waals surface area (Å²) in [6.07, 6.45) is 11.5. The third-order valence-electron chi connectivity index (χ3n) is 5.18. The summed E-state index contributed by atoms with van der Waals surface area (Å²) in [6, 6.07) is 14.0. The van der Waals surface area contributed by atoms with E-state index in [2.05, 4.69) is 53.6 Å². The molecule has 0 fully saturated rings. The van der Waals surface area contributed by atoms with Gasteiger partial charge in [-0.05, 0) is 31.0 Å². The van der Waals surface area contributed by atoms with Crippen molar-refractivity contribution in [1.82, 2.24) is 4.57 Å². The molecule has 2 aromatic heterocycles. The van der Waals surface area contributed by atoms with Crippen LogP contribution in [-0.2, 0) is 13.1 Å². The molecule has 0 atom stereocenters. The van der Waals surface area contributed by atoms with E-state index in [9.17, 15) is 4.79 Å². The van der Waals surface area contributed by atoms with E-state index in [1.807, 2.05) is 24.3 Å². The number of para-hydroxylation sites is 1. The topological polar surface area (TPSA) is 25.9 Å². The molecule has 1 aromatic carbocycles. The van der Waals surface area contributed by atoms with Crippen molar-refractivity contribution in [2.75, 3.05) is 0 Å². The summed E-state index contributed by atoms with van der Waals surface area (Å²) in [5.41, 5.74) is 3.29. The van der Waals surface area contributed by atoms with Crippen LogP contribution in [-0.4, -0.2) is 4.57 Å². The summed E-state index contributed by atoms with van der Waals surface area (Å²) in [5.74, 6) is 0. The predicted molar refractivity (Wildman–Crippen MR) is 113 cm³/mol. The molecule has 0 aliphatic carbocycles. The fourth-order valence-electron chi connectivity index (χ4n) is 3.68. The Morgan fingerprint density at radius 2 is 1.68 bits per heavy atom. The van der Waals surface area contributed by atoms with Gasteiger partial charge in [0.15, 0.2) is 17.8 Å². The number of aromatic nitrogens is 2. The number of benzene rings is 1. The van der Waals surface area contributed by atoms with Gasteiger partial charge in [-0.1, -0.05) is 45.2 Å². The molecule has 3 nitrogen and oxygen atoms in total. The average Bonchev–Trinajstić information content (AvgIpc) is 2.70. The summed E-state index contributed by atoms with van der Waals surface area (Å²) in [6.45, 7) is 6.41. The van der Waals surface area contributed by atoms with Crippen LogP contribution in [0.25, 0.3) is 22.2 Å². The lowest BCUT2D eigenvalue weighted by atomic mass is 10.1. The Morgan fingerprint density at radius 1 is 0.929 bits per heavy atom. The highest BCUT2D eigenvalue weighted by molar-refractivity contribution is 5.82. The van der Waals surface area contributed by atoms with E-state index in [0.29, 0.717) is 0 Å². The summed E-state index contributed by atoms with van der Waals surface area (Å²) >= 11 is 0. The van der Waals surface area contributed by atoms with Gasteiger partial charge < -0.3 is 21.5 Å². The molecule has 3 rings (SSSR count). The molecule has 0 unspecified atom stereocenters. The van der Waals surface area contributed by atoms with E-state index >= 15 is 0 Å². The number of aryl methyl sites for hydroxylation is 2. The van der Waals surface area contributed by atoms with E-state index < -0.39 is 0 Å². The maximum atomic E-state index is 12.7. The average molecular weight is 443 g/mol.